The summed E-state index contributed by atoms with van der Waals surface area (Å²) in [5.74, 6) is -2.62. The largest absolute Gasteiger partial charge is 0.476 e. The van der Waals surface area contributed by atoms with Crippen molar-refractivity contribution in [2.24, 2.45) is 5.92 Å². The van der Waals surface area contributed by atoms with Crippen LogP contribution in [-0.2, 0) is 38.1 Å². The predicted molar refractivity (Wildman–Crippen MR) is 95.6 cm³/mol. The number of aliphatic carboxylic acids is 1. The maximum Gasteiger partial charge on any atom is 0.372 e. The van der Waals surface area contributed by atoms with E-state index < -0.39 is 17.7 Å². The first-order valence-corrected chi connectivity index (χ1v) is 9.20. The number of hydrogen-bond acceptors (Lipinski definition) is 8. The Kier molecular flexibility index (Phi) is 16.8. The molecule has 0 aromatic carbocycles. The Morgan fingerprint density at radius 1 is 0.778 bits per heavy atom. The first kappa shape index (κ1) is 25.4. The van der Waals surface area contributed by atoms with Gasteiger partial charge in [0.15, 0.2) is 0 Å². The van der Waals surface area contributed by atoms with Gasteiger partial charge >= 0.3 is 11.9 Å². The highest BCUT2D eigenvalue weighted by molar-refractivity contribution is 6.32. The van der Waals surface area contributed by atoms with Gasteiger partial charge in [-0.2, -0.15) is 0 Å². The molecule has 0 aliphatic rings. The highest BCUT2D eigenvalue weighted by Crippen LogP contribution is 2.00. The van der Waals surface area contributed by atoms with Crippen LogP contribution in [-0.4, -0.2) is 82.3 Å². The maximum absolute atomic E-state index is 11.2. The van der Waals surface area contributed by atoms with E-state index in [0.29, 0.717) is 45.6 Å². The van der Waals surface area contributed by atoms with Gasteiger partial charge in [-0.1, -0.05) is 20.3 Å². The van der Waals surface area contributed by atoms with Gasteiger partial charge in [0.1, 0.15) is 6.61 Å². The second-order valence-corrected chi connectivity index (χ2v) is 5.87. The molecule has 0 fully saturated rings. The van der Waals surface area contributed by atoms with Gasteiger partial charge in [0.25, 0.3) is 0 Å². The van der Waals surface area contributed by atoms with Crippen molar-refractivity contribution in [3.63, 3.8) is 0 Å². The first-order valence-electron chi connectivity index (χ1n) is 9.20. The van der Waals surface area contributed by atoms with Gasteiger partial charge < -0.3 is 28.8 Å². The molecule has 0 saturated heterocycles. The van der Waals surface area contributed by atoms with Gasteiger partial charge in [0.2, 0.25) is 5.78 Å². The standard InChI is InChI=1S/C18H32O9/c1-3-15(2)14-26-11-10-24-7-6-23-8-9-25-12-13-27-17(20)5-4-16(19)18(21)22/h15H,3-14H2,1-2H3,(H,21,22). The molecule has 0 aliphatic carbocycles. The number of carbonyl (C=O) groups is 3. The average molecular weight is 392 g/mol. The van der Waals surface area contributed by atoms with Crippen LogP contribution in [0.2, 0.25) is 0 Å². The van der Waals surface area contributed by atoms with Crippen LogP contribution in [0.1, 0.15) is 33.1 Å². The molecule has 1 atom stereocenters. The zero-order chi connectivity index (χ0) is 20.3. The number of ketones is 1. The Hall–Kier alpha value is -1.55. The predicted octanol–water partition coefficient (Wildman–Crippen LogP) is 1.08. The van der Waals surface area contributed by atoms with Crippen molar-refractivity contribution in [1.29, 1.82) is 0 Å². The number of hydrogen-bond donors (Lipinski definition) is 1. The summed E-state index contributed by atoms with van der Waals surface area (Å²) in [6, 6.07) is 0. The van der Waals surface area contributed by atoms with E-state index in [4.69, 9.17) is 28.8 Å². The summed E-state index contributed by atoms with van der Waals surface area (Å²) < 4.78 is 26.2. The van der Waals surface area contributed by atoms with E-state index in [1.54, 1.807) is 0 Å². The smallest absolute Gasteiger partial charge is 0.372 e. The molecule has 1 N–H and O–H groups in total. The number of carbonyl (C=O) groups excluding carboxylic acids is 2. The Morgan fingerprint density at radius 2 is 1.26 bits per heavy atom. The SMILES string of the molecule is CCC(C)COCCOCCOCCOCCOC(=O)CCC(=O)C(=O)O. The van der Waals surface area contributed by atoms with E-state index in [1.807, 2.05) is 0 Å². The molecule has 0 radical (unpaired) electrons. The van der Waals surface area contributed by atoms with Crippen molar-refractivity contribution in [1.82, 2.24) is 0 Å². The fourth-order valence-corrected chi connectivity index (χ4v) is 1.67. The zero-order valence-electron chi connectivity index (χ0n) is 16.3. The van der Waals surface area contributed by atoms with Crippen LogP contribution in [0, 0.1) is 5.92 Å². The maximum atomic E-state index is 11.2. The Labute approximate surface area is 160 Å². The summed E-state index contributed by atoms with van der Waals surface area (Å²) in [6.45, 7) is 8.09. The minimum Gasteiger partial charge on any atom is -0.476 e. The van der Waals surface area contributed by atoms with Gasteiger partial charge in [-0.25, -0.2) is 4.79 Å². The quantitative estimate of drug-likeness (QED) is 0.196. The van der Waals surface area contributed by atoms with Gasteiger partial charge in [-0.3, -0.25) is 9.59 Å². The minimum atomic E-state index is -1.55. The molecular formula is C18H32O9. The van der Waals surface area contributed by atoms with Crippen molar-refractivity contribution >= 4 is 17.7 Å². The lowest BCUT2D eigenvalue weighted by Gasteiger charge is -2.10. The second kappa shape index (κ2) is 17.8. The molecule has 0 aromatic rings. The molecule has 0 heterocycles. The summed E-state index contributed by atoms with van der Waals surface area (Å²) in [5.41, 5.74) is 0. The molecular weight excluding hydrogens is 360 g/mol. The molecule has 0 aliphatic heterocycles. The van der Waals surface area contributed by atoms with Crippen molar-refractivity contribution in [2.45, 2.75) is 33.1 Å². The molecule has 9 nitrogen and oxygen atoms in total. The van der Waals surface area contributed by atoms with Crippen molar-refractivity contribution in [3.05, 3.63) is 0 Å². The average Bonchev–Trinajstić information content (AvgIpc) is 2.65. The number of rotatable bonds is 19. The van der Waals surface area contributed by atoms with Crippen LogP contribution < -0.4 is 0 Å². The number of esters is 1. The molecule has 9 heteroatoms. The van der Waals surface area contributed by atoms with E-state index >= 15 is 0 Å². The summed E-state index contributed by atoms with van der Waals surface area (Å²) in [6.07, 6.45) is 0.485. The lowest BCUT2D eigenvalue weighted by Crippen LogP contribution is -2.17. The van der Waals surface area contributed by atoms with Crippen molar-refractivity contribution in [3.8, 4) is 0 Å². The molecule has 1 unspecified atom stereocenters. The van der Waals surface area contributed by atoms with E-state index in [-0.39, 0.29) is 26.1 Å². The van der Waals surface area contributed by atoms with Gasteiger partial charge in [-0.15, -0.1) is 0 Å². The van der Waals surface area contributed by atoms with Crippen LogP contribution in [0.25, 0.3) is 0 Å². The number of carboxylic acid groups (broad SMARTS) is 1. The van der Waals surface area contributed by atoms with Crippen LogP contribution >= 0.6 is 0 Å². The van der Waals surface area contributed by atoms with Crippen LogP contribution in [0.15, 0.2) is 0 Å². The number of ether oxygens (including phenoxy) is 5. The normalized spacial score (nSPS) is 11.9. The number of carboxylic acids is 1. The Morgan fingerprint density at radius 3 is 1.74 bits per heavy atom. The Bertz CT molecular complexity index is 412. The topological polar surface area (TPSA) is 118 Å². The third-order valence-corrected chi connectivity index (χ3v) is 3.50. The van der Waals surface area contributed by atoms with E-state index in [9.17, 15) is 14.4 Å². The van der Waals surface area contributed by atoms with Crippen LogP contribution in [0.3, 0.4) is 0 Å². The van der Waals surface area contributed by atoms with E-state index in [2.05, 4.69) is 13.8 Å². The van der Waals surface area contributed by atoms with Gasteiger partial charge in [0.05, 0.1) is 52.7 Å². The molecule has 0 aromatic heterocycles. The van der Waals surface area contributed by atoms with Crippen molar-refractivity contribution in [2.75, 3.05) is 59.5 Å². The lowest BCUT2D eigenvalue weighted by atomic mass is 10.1. The zero-order valence-corrected chi connectivity index (χ0v) is 16.3. The molecule has 0 saturated carbocycles. The summed E-state index contributed by atoms with van der Waals surface area (Å²) in [4.78, 5) is 32.3. The summed E-state index contributed by atoms with van der Waals surface area (Å²) in [5, 5.41) is 8.37. The third kappa shape index (κ3) is 17.6. The van der Waals surface area contributed by atoms with Gasteiger partial charge in [0, 0.05) is 13.0 Å². The van der Waals surface area contributed by atoms with Crippen molar-refractivity contribution < 1.29 is 43.2 Å². The number of Topliss-reactive ketones (excluding diaryl/α,β-unsaturated/α-hetero) is 1. The third-order valence-electron chi connectivity index (χ3n) is 3.50. The Balaban J connectivity index is 3.24. The minimum absolute atomic E-state index is 0.0415. The van der Waals surface area contributed by atoms with Crippen LogP contribution in [0.4, 0.5) is 0 Å². The molecule has 27 heavy (non-hydrogen) atoms. The monoisotopic (exact) mass is 392 g/mol. The summed E-state index contributed by atoms with van der Waals surface area (Å²) >= 11 is 0. The first-order chi connectivity index (χ1) is 13.0. The summed E-state index contributed by atoms with van der Waals surface area (Å²) in [7, 11) is 0. The lowest BCUT2D eigenvalue weighted by molar-refractivity contribution is -0.151. The molecule has 0 amide bonds. The van der Waals surface area contributed by atoms with Crippen LogP contribution in [0.5, 0.6) is 0 Å². The highest BCUT2D eigenvalue weighted by Gasteiger charge is 2.14. The van der Waals surface area contributed by atoms with E-state index in [0.717, 1.165) is 13.0 Å². The molecule has 0 spiro atoms. The fraction of sp³-hybridized carbons (Fsp3) is 0.833. The molecule has 0 bridgehead atoms. The molecule has 158 valence electrons. The van der Waals surface area contributed by atoms with Gasteiger partial charge in [-0.05, 0) is 5.92 Å². The second-order valence-electron chi connectivity index (χ2n) is 5.87. The fourth-order valence-electron chi connectivity index (χ4n) is 1.67. The molecule has 0 rings (SSSR count). The highest BCUT2D eigenvalue weighted by atomic mass is 16.6. The van der Waals surface area contributed by atoms with E-state index in [1.165, 1.54) is 0 Å².